The SMILES string of the molecule is CCCc1nc(C2CCCOC2)nc(Cl)c1Br. The number of aromatic nitrogens is 2. The lowest BCUT2D eigenvalue weighted by Crippen LogP contribution is -2.18. The summed E-state index contributed by atoms with van der Waals surface area (Å²) in [4.78, 5) is 8.99. The Bertz CT molecular complexity index is 394. The van der Waals surface area contributed by atoms with Crippen LogP contribution < -0.4 is 0 Å². The normalized spacial score (nSPS) is 20.5. The van der Waals surface area contributed by atoms with E-state index in [1.54, 1.807) is 0 Å². The van der Waals surface area contributed by atoms with E-state index in [4.69, 9.17) is 16.3 Å². The summed E-state index contributed by atoms with van der Waals surface area (Å²) < 4.78 is 6.31. The first-order valence-corrected chi connectivity index (χ1v) is 7.19. The molecule has 0 aliphatic carbocycles. The Morgan fingerprint density at radius 3 is 2.94 bits per heavy atom. The molecule has 1 aliphatic rings. The molecule has 1 saturated heterocycles. The predicted molar refractivity (Wildman–Crippen MR) is 71.5 cm³/mol. The van der Waals surface area contributed by atoms with Crippen LogP contribution in [0.4, 0.5) is 0 Å². The van der Waals surface area contributed by atoms with Crippen LogP contribution in [0.25, 0.3) is 0 Å². The van der Waals surface area contributed by atoms with Gasteiger partial charge in [0.25, 0.3) is 0 Å². The fourth-order valence-corrected chi connectivity index (χ4v) is 2.58. The fraction of sp³-hybridized carbons (Fsp3) is 0.667. The molecule has 1 atom stereocenters. The Balaban J connectivity index is 2.27. The molecule has 2 heterocycles. The molecule has 0 amide bonds. The van der Waals surface area contributed by atoms with Crippen molar-refractivity contribution >= 4 is 27.5 Å². The van der Waals surface area contributed by atoms with Gasteiger partial charge < -0.3 is 4.74 Å². The zero-order valence-electron chi connectivity index (χ0n) is 9.88. The van der Waals surface area contributed by atoms with Crippen molar-refractivity contribution in [3.05, 3.63) is 21.1 Å². The van der Waals surface area contributed by atoms with Crippen LogP contribution in [0.3, 0.4) is 0 Å². The van der Waals surface area contributed by atoms with Crippen molar-refractivity contribution in [3.8, 4) is 0 Å². The van der Waals surface area contributed by atoms with Crippen LogP contribution in [0.2, 0.25) is 5.15 Å². The van der Waals surface area contributed by atoms with Gasteiger partial charge in [-0.1, -0.05) is 24.9 Å². The van der Waals surface area contributed by atoms with Crippen LogP contribution in [-0.2, 0) is 11.2 Å². The number of hydrogen-bond donors (Lipinski definition) is 0. The van der Waals surface area contributed by atoms with E-state index in [9.17, 15) is 0 Å². The molecule has 1 fully saturated rings. The van der Waals surface area contributed by atoms with Crippen LogP contribution in [-0.4, -0.2) is 23.2 Å². The van der Waals surface area contributed by atoms with Crippen LogP contribution >= 0.6 is 27.5 Å². The van der Waals surface area contributed by atoms with E-state index in [0.717, 1.165) is 48.3 Å². The molecule has 17 heavy (non-hydrogen) atoms. The van der Waals surface area contributed by atoms with E-state index in [0.29, 0.717) is 17.7 Å². The topological polar surface area (TPSA) is 35.0 Å². The molecule has 5 heteroatoms. The maximum Gasteiger partial charge on any atom is 0.147 e. The molecule has 94 valence electrons. The van der Waals surface area contributed by atoms with E-state index in [1.807, 2.05) is 0 Å². The van der Waals surface area contributed by atoms with Crippen LogP contribution in [0.5, 0.6) is 0 Å². The second-order valence-electron chi connectivity index (χ2n) is 4.30. The molecule has 2 rings (SSSR count). The van der Waals surface area contributed by atoms with Crippen molar-refractivity contribution < 1.29 is 4.74 Å². The molecular weight excluding hydrogens is 304 g/mol. The van der Waals surface area contributed by atoms with Crippen molar-refractivity contribution in [3.63, 3.8) is 0 Å². The van der Waals surface area contributed by atoms with E-state index >= 15 is 0 Å². The van der Waals surface area contributed by atoms with Crippen molar-refractivity contribution in [2.45, 2.75) is 38.5 Å². The van der Waals surface area contributed by atoms with Gasteiger partial charge in [-0.15, -0.1) is 0 Å². The highest BCUT2D eigenvalue weighted by molar-refractivity contribution is 9.10. The summed E-state index contributed by atoms with van der Waals surface area (Å²) in [5.41, 5.74) is 1.01. The first-order chi connectivity index (χ1) is 8.22. The van der Waals surface area contributed by atoms with Gasteiger partial charge in [-0.2, -0.15) is 0 Å². The number of halogens is 2. The molecule has 1 aliphatic heterocycles. The fourth-order valence-electron chi connectivity index (χ4n) is 2.01. The second kappa shape index (κ2) is 6.12. The van der Waals surface area contributed by atoms with Gasteiger partial charge in [0.2, 0.25) is 0 Å². The molecular formula is C12H16BrClN2O. The third-order valence-corrected chi connectivity index (χ3v) is 4.24. The van der Waals surface area contributed by atoms with Crippen molar-refractivity contribution in [2.75, 3.05) is 13.2 Å². The van der Waals surface area contributed by atoms with Crippen molar-refractivity contribution in [1.29, 1.82) is 0 Å². The zero-order valence-corrected chi connectivity index (χ0v) is 12.2. The van der Waals surface area contributed by atoms with Gasteiger partial charge in [0, 0.05) is 12.5 Å². The highest BCUT2D eigenvalue weighted by Gasteiger charge is 2.21. The van der Waals surface area contributed by atoms with Gasteiger partial charge in [0.1, 0.15) is 11.0 Å². The molecule has 0 aromatic carbocycles. The summed E-state index contributed by atoms with van der Waals surface area (Å²) >= 11 is 9.59. The average molecular weight is 320 g/mol. The molecule has 0 bridgehead atoms. The van der Waals surface area contributed by atoms with Gasteiger partial charge >= 0.3 is 0 Å². The van der Waals surface area contributed by atoms with Gasteiger partial charge in [0.15, 0.2) is 0 Å². The number of nitrogens with zero attached hydrogens (tertiary/aromatic N) is 2. The summed E-state index contributed by atoms with van der Waals surface area (Å²) in [6.07, 6.45) is 4.13. The Morgan fingerprint density at radius 1 is 1.47 bits per heavy atom. The standard InChI is InChI=1S/C12H16BrClN2O/c1-2-4-9-10(13)11(14)16-12(15-9)8-5-3-6-17-7-8/h8H,2-7H2,1H3. The maximum atomic E-state index is 6.14. The number of hydrogen-bond acceptors (Lipinski definition) is 3. The Labute approximate surface area is 115 Å². The van der Waals surface area contributed by atoms with E-state index in [1.165, 1.54) is 0 Å². The van der Waals surface area contributed by atoms with Gasteiger partial charge in [-0.05, 0) is 35.2 Å². The minimum absolute atomic E-state index is 0.296. The first-order valence-electron chi connectivity index (χ1n) is 6.02. The van der Waals surface area contributed by atoms with Crippen LogP contribution in [0.15, 0.2) is 4.47 Å². The third kappa shape index (κ3) is 3.18. The van der Waals surface area contributed by atoms with Gasteiger partial charge in [0.05, 0.1) is 16.8 Å². The Morgan fingerprint density at radius 2 is 2.29 bits per heavy atom. The molecule has 0 radical (unpaired) electrons. The van der Waals surface area contributed by atoms with Crippen LogP contribution in [0.1, 0.15) is 43.6 Å². The lowest BCUT2D eigenvalue weighted by atomic mass is 10.0. The summed E-state index contributed by atoms with van der Waals surface area (Å²) in [5, 5.41) is 0.518. The van der Waals surface area contributed by atoms with Crippen molar-refractivity contribution in [2.24, 2.45) is 0 Å². The first kappa shape index (κ1) is 13.2. The number of rotatable bonds is 3. The Hall–Kier alpha value is -0.190. The van der Waals surface area contributed by atoms with E-state index in [-0.39, 0.29) is 0 Å². The monoisotopic (exact) mass is 318 g/mol. The maximum absolute atomic E-state index is 6.14. The van der Waals surface area contributed by atoms with Crippen LogP contribution in [0, 0.1) is 0 Å². The molecule has 1 aromatic rings. The van der Waals surface area contributed by atoms with Gasteiger partial charge in [-0.3, -0.25) is 0 Å². The highest BCUT2D eigenvalue weighted by Crippen LogP contribution is 2.29. The molecule has 0 saturated carbocycles. The van der Waals surface area contributed by atoms with E-state index < -0.39 is 0 Å². The minimum Gasteiger partial charge on any atom is -0.381 e. The number of aryl methyl sites for hydroxylation is 1. The summed E-state index contributed by atoms with van der Waals surface area (Å²) in [6.45, 7) is 3.69. The van der Waals surface area contributed by atoms with E-state index in [2.05, 4.69) is 32.8 Å². The molecule has 0 N–H and O–H groups in total. The lowest BCUT2D eigenvalue weighted by Gasteiger charge is -2.21. The van der Waals surface area contributed by atoms with Crippen molar-refractivity contribution in [1.82, 2.24) is 9.97 Å². The summed E-state index contributed by atoms with van der Waals surface area (Å²) in [6, 6.07) is 0. The van der Waals surface area contributed by atoms with Gasteiger partial charge in [-0.25, -0.2) is 9.97 Å². The molecule has 3 nitrogen and oxygen atoms in total. The summed E-state index contributed by atoms with van der Waals surface area (Å²) in [7, 11) is 0. The molecule has 1 unspecified atom stereocenters. The quantitative estimate of drug-likeness (QED) is 0.796. The summed E-state index contributed by atoms with van der Waals surface area (Å²) in [5.74, 6) is 1.13. The number of ether oxygens (including phenoxy) is 1. The third-order valence-electron chi connectivity index (χ3n) is 2.91. The highest BCUT2D eigenvalue weighted by atomic mass is 79.9. The average Bonchev–Trinajstić information content (AvgIpc) is 2.36. The lowest BCUT2D eigenvalue weighted by molar-refractivity contribution is 0.0780. The Kier molecular flexibility index (Phi) is 4.77. The zero-order chi connectivity index (χ0) is 12.3. The molecule has 1 aromatic heterocycles. The second-order valence-corrected chi connectivity index (χ2v) is 5.45. The predicted octanol–water partition coefficient (Wildman–Crippen LogP) is 3.74. The smallest absolute Gasteiger partial charge is 0.147 e. The minimum atomic E-state index is 0.296. The molecule has 0 spiro atoms. The largest absolute Gasteiger partial charge is 0.381 e.